The zero-order chi connectivity index (χ0) is 12.5. The van der Waals surface area contributed by atoms with Crippen molar-refractivity contribution >= 4 is 23.1 Å². The molecule has 2 nitrogen and oxygen atoms in total. The van der Waals surface area contributed by atoms with Crippen LogP contribution in [0, 0.1) is 5.41 Å². The van der Waals surface area contributed by atoms with Crippen LogP contribution in [0.3, 0.4) is 0 Å². The van der Waals surface area contributed by atoms with Gasteiger partial charge in [0.2, 0.25) is 0 Å². The molecule has 0 saturated heterocycles. The van der Waals surface area contributed by atoms with Crippen molar-refractivity contribution in [2.45, 2.75) is 26.7 Å². The number of nitrogens with one attached hydrogen (secondary N) is 1. The van der Waals surface area contributed by atoms with Crippen LogP contribution in [0.15, 0.2) is 36.0 Å². The van der Waals surface area contributed by atoms with Crippen LogP contribution in [0.4, 0.5) is 5.69 Å². The first-order valence-electron chi connectivity index (χ1n) is 5.72. The second kappa shape index (κ2) is 4.53. The highest BCUT2D eigenvalue weighted by Crippen LogP contribution is 2.32. The van der Waals surface area contributed by atoms with Gasteiger partial charge in [0.1, 0.15) is 0 Å². The Labute approximate surface area is 107 Å². The first kappa shape index (κ1) is 12.2. The molecule has 90 valence electrons. The van der Waals surface area contributed by atoms with Crippen molar-refractivity contribution in [1.82, 2.24) is 0 Å². The monoisotopic (exact) mass is 249 g/mol. The van der Waals surface area contributed by atoms with Gasteiger partial charge in [-0.25, -0.2) is 0 Å². The third-order valence-electron chi connectivity index (χ3n) is 2.92. The van der Waals surface area contributed by atoms with E-state index in [4.69, 9.17) is 11.6 Å². The Kier molecular flexibility index (Phi) is 3.25. The molecule has 0 fully saturated rings. The molecule has 0 amide bonds. The van der Waals surface area contributed by atoms with Gasteiger partial charge in [-0.3, -0.25) is 4.79 Å². The zero-order valence-electron chi connectivity index (χ0n) is 10.1. The summed E-state index contributed by atoms with van der Waals surface area (Å²) in [6.45, 7) is 4.22. The number of allylic oxidation sites excluding steroid dienone is 2. The summed E-state index contributed by atoms with van der Waals surface area (Å²) in [4.78, 5) is 11.9. The van der Waals surface area contributed by atoms with Crippen molar-refractivity contribution < 1.29 is 4.79 Å². The summed E-state index contributed by atoms with van der Waals surface area (Å²) < 4.78 is 0. The average molecular weight is 250 g/mol. The molecule has 0 radical (unpaired) electrons. The van der Waals surface area contributed by atoms with Crippen molar-refractivity contribution in [3.05, 3.63) is 41.1 Å². The van der Waals surface area contributed by atoms with Crippen LogP contribution >= 0.6 is 11.6 Å². The Balaban J connectivity index is 2.12. The smallest absolute Gasteiger partial charge is 0.179 e. The van der Waals surface area contributed by atoms with Crippen LogP contribution in [-0.2, 0) is 4.79 Å². The van der Waals surface area contributed by atoms with E-state index in [2.05, 4.69) is 19.2 Å². The summed E-state index contributed by atoms with van der Waals surface area (Å²) in [5, 5.41) is 3.84. The van der Waals surface area contributed by atoms with Crippen LogP contribution in [0.1, 0.15) is 26.7 Å². The molecule has 0 spiro atoms. The summed E-state index contributed by atoms with van der Waals surface area (Å²) in [6, 6.07) is 7.36. The van der Waals surface area contributed by atoms with Gasteiger partial charge in [-0.1, -0.05) is 31.5 Å². The van der Waals surface area contributed by atoms with Crippen LogP contribution in [0.5, 0.6) is 0 Å². The SMILES string of the molecule is CC1(C)CC=C(Nc2ccc(Cl)cc2)C(=O)C1. The van der Waals surface area contributed by atoms with Crippen molar-refractivity contribution in [3.8, 4) is 0 Å². The highest BCUT2D eigenvalue weighted by molar-refractivity contribution is 6.30. The number of halogens is 1. The van der Waals surface area contributed by atoms with Gasteiger partial charge in [0.15, 0.2) is 5.78 Å². The Morgan fingerprint density at radius 3 is 2.47 bits per heavy atom. The van der Waals surface area contributed by atoms with Crippen molar-refractivity contribution in [1.29, 1.82) is 0 Å². The van der Waals surface area contributed by atoms with E-state index in [1.807, 2.05) is 30.3 Å². The first-order chi connectivity index (χ1) is 7.96. The van der Waals surface area contributed by atoms with E-state index in [0.29, 0.717) is 17.1 Å². The molecular weight excluding hydrogens is 234 g/mol. The van der Waals surface area contributed by atoms with Gasteiger partial charge in [0.05, 0.1) is 5.70 Å². The third kappa shape index (κ3) is 3.10. The molecule has 17 heavy (non-hydrogen) atoms. The lowest BCUT2D eigenvalue weighted by Gasteiger charge is -2.27. The quantitative estimate of drug-likeness (QED) is 0.858. The third-order valence-corrected chi connectivity index (χ3v) is 3.17. The van der Waals surface area contributed by atoms with Crippen molar-refractivity contribution in [2.75, 3.05) is 5.32 Å². The molecule has 0 saturated carbocycles. The number of ketones is 1. The number of rotatable bonds is 2. The second-order valence-corrected chi connectivity index (χ2v) is 5.65. The number of Topliss-reactive ketones (excluding diaryl/α,β-unsaturated/α-hetero) is 1. The maximum atomic E-state index is 11.9. The Morgan fingerprint density at radius 1 is 1.24 bits per heavy atom. The molecule has 0 bridgehead atoms. The van der Waals surface area contributed by atoms with Crippen LogP contribution in [0.2, 0.25) is 5.02 Å². The van der Waals surface area contributed by atoms with Crippen molar-refractivity contribution in [3.63, 3.8) is 0 Å². The van der Waals surface area contributed by atoms with Gasteiger partial charge in [0.25, 0.3) is 0 Å². The lowest BCUT2D eigenvalue weighted by Crippen LogP contribution is -2.25. The summed E-state index contributed by atoms with van der Waals surface area (Å²) in [6.07, 6.45) is 3.51. The van der Waals surface area contributed by atoms with E-state index < -0.39 is 0 Å². The average Bonchev–Trinajstić information content (AvgIpc) is 2.24. The van der Waals surface area contributed by atoms with E-state index in [1.54, 1.807) is 0 Å². The molecule has 1 N–H and O–H groups in total. The van der Waals surface area contributed by atoms with Crippen LogP contribution < -0.4 is 5.32 Å². The predicted octanol–water partition coefficient (Wildman–Crippen LogP) is 4.02. The van der Waals surface area contributed by atoms with Gasteiger partial charge in [-0.05, 0) is 36.1 Å². The number of carbonyl (C=O) groups excluding carboxylic acids is 1. The maximum absolute atomic E-state index is 11.9. The van der Waals surface area contributed by atoms with Gasteiger partial charge >= 0.3 is 0 Å². The fourth-order valence-corrected chi connectivity index (χ4v) is 2.03. The van der Waals surface area contributed by atoms with Crippen LogP contribution in [-0.4, -0.2) is 5.78 Å². The number of carbonyl (C=O) groups is 1. The van der Waals surface area contributed by atoms with Crippen LogP contribution in [0.25, 0.3) is 0 Å². The minimum atomic E-state index is 0.0856. The van der Waals surface area contributed by atoms with E-state index in [-0.39, 0.29) is 11.2 Å². The molecular formula is C14H16ClNO. The molecule has 1 aromatic rings. The number of hydrogen-bond acceptors (Lipinski definition) is 2. The topological polar surface area (TPSA) is 29.1 Å². The van der Waals surface area contributed by atoms with Gasteiger partial charge in [0, 0.05) is 17.1 Å². The summed E-state index contributed by atoms with van der Waals surface area (Å²) in [5.41, 5.74) is 1.68. The summed E-state index contributed by atoms with van der Waals surface area (Å²) in [5.74, 6) is 0.177. The molecule has 1 aliphatic rings. The lowest BCUT2D eigenvalue weighted by atomic mass is 9.79. The fourth-order valence-electron chi connectivity index (χ4n) is 1.90. The molecule has 0 heterocycles. The van der Waals surface area contributed by atoms with Gasteiger partial charge in [-0.2, -0.15) is 0 Å². The fraction of sp³-hybridized carbons (Fsp3) is 0.357. The molecule has 0 atom stereocenters. The molecule has 0 unspecified atom stereocenters. The minimum Gasteiger partial charge on any atom is -0.353 e. The van der Waals surface area contributed by atoms with E-state index in [1.165, 1.54) is 0 Å². The molecule has 1 aromatic carbocycles. The normalized spacial score (nSPS) is 18.8. The van der Waals surface area contributed by atoms with E-state index in [0.717, 1.165) is 12.1 Å². The Hall–Kier alpha value is -1.28. The maximum Gasteiger partial charge on any atom is 0.179 e. The minimum absolute atomic E-state index is 0.0856. The van der Waals surface area contributed by atoms with E-state index in [9.17, 15) is 4.79 Å². The van der Waals surface area contributed by atoms with Crippen molar-refractivity contribution in [2.24, 2.45) is 5.41 Å². The highest BCUT2D eigenvalue weighted by atomic mass is 35.5. The molecule has 0 aromatic heterocycles. The molecule has 3 heteroatoms. The Morgan fingerprint density at radius 2 is 1.88 bits per heavy atom. The van der Waals surface area contributed by atoms with E-state index >= 15 is 0 Å². The molecule has 2 rings (SSSR count). The standard InChI is InChI=1S/C14H16ClNO/c1-14(2)8-7-12(13(17)9-14)16-11-5-3-10(15)4-6-11/h3-7,16H,8-9H2,1-2H3. The Bertz CT molecular complexity index is 460. The van der Waals surface area contributed by atoms with Gasteiger partial charge < -0.3 is 5.32 Å². The number of benzene rings is 1. The zero-order valence-corrected chi connectivity index (χ0v) is 10.8. The summed E-state index contributed by atoms with van der Waals surface area (Å²) >= 11 is 5.81. The molecule has 0 aliphatic heterocycles. The second-order valence-electron chi connectivity index (χ2n) is 5.22. The number of hydrogen-bond donors (Lipinski definition) is 1. The first-order valence-corrected chi connectivity index (χ1v) is 6.10. The number of anilines is 1. The van der Waals surface area contributed by atoms with Gasteiger partial charge in [-0.15, -0.1) is 0 Å². The lowest BCUT2D eigenvalue weighted by molar-refractivity contribution is -0.117. The highest BCUT2D eigenvalue weighted by Gasteiger charge is 2.27. The predicted molar refractivity (Wildman–Crippen MR) is 71.2 cm³/mol. The largest absolute Gasteiger partial charge is 0.353 e. The molecule has 1 aliphatic carbocycles. The summed E-state index contributed by atoms with van der Waals surface area (Å²) in [7, 11) is 0.